The number of rotatable bonds is 5. The van der Waals surface area contributed by atoms with Gasteiger partial charge in [-0.25, -0.2) is 0 Å². The standard InChI is InChI=1S/C19H28N4O2/c1-12-9-8-10-13(2)16(12)20-15(24)11-23(7)14(3)17-21-18(22-25-17)19(4,5)6/h8-10,14H,11H2,1-7H3,(H,20,24)/t14-/m1/s1. The summed E-state index contributed by atoms with van der Waals surface area (Å²) in [5.74, 6) is 1.12. The first kappa shape index (κ1) is 19.1. The van der Waals surface area contributed by atoms with Crippen LogP contribution in [0.4, 0.5) is 5.69 Å². The minimum atomic E-state index is -0.167. The molecule has 6 heteroatoms. The van der Waals surface area contributed by atoms with Crippen molar-refractivity contribution in [3.63, 3.8) is 0 Å². The number of hydrogen-bond donors (Lipinski definition) is 1. The number of aromatic nitrogens is 2. The molecule has 0 spiro atoms. The van der Waals surface area contributed by atoms with Crippen molar-refractivity contribution in [3.05, 3.63) is 41.0 Å². The molecule has 136 valence electrons. The SMILES string of the molecule is Cc1cccc(C)c1NC(=O)CN(C)[C@H](C)c1nc(C(C)(C)C)no1. The number of nitrogens with one attached hydrogen (secondary N) is 1. The second-order valence-electron chi connectivity index (χ2n) is 7.61. The van der Waals surface area contributed by atoms with Gasteiger partial charge in [0, 0.05) is 11.1 Å². The molecule has 6 nitrogen and oxygen atoms in total. The third-order valence-corrected chi connectivity index (χ3v) is 4.27. The van der Waals surface area contributed by atoms with Crippen LogP contribution in [-0.4, -0.2) is 34.5 Å². The highest BCUT2D eigenvalue weighted by Gasteiger charge is 2.25. The quantitative estimate of drug-likeness (QED) is 0.897. The molecular formula is C19H28N4O2. The Kier molecular flexibility index (Phi) is 5.62. The topological polar surface area (TPSA) is 71.3 Å². The van der Waals surface area contributed by atoms with Crippen molar-refractivity contribution in [2.75, 3.05) is 18.9 Å². The maximum Gasteiger partial charge on any atom is 0.243 e. The van der Waals surface area contributed by atoms with Gasteiger partial charge in [-0.1, -0.05) is 44.1 Å². The van der Waals surface area contributed by atoms with Gasteiger partial charge in [0.05, 0.1) is 12.6 Å². The summed E-state index contributed by atoms with van der Waals surface area (Å²) in [6.07, 6.45) is 0. The maximum atomic E-state index is 12.4. The van der Waals surface area contributed by atoms with E-state index in [0.29, 0.717) is 11.7 Å². The van der Waals surface area contributed by atoms with Crippen molar-refractivity contribution in [2.45, 2.75) is 53.0 Å². The summed E-state index contributed by atoms with van der Waals surface area (Å²) in [6, 6.07) is 5.81. The zero-order valence-electron chi connectivity index (χ0n) is 16.2. The molecule has 0 radical (unpaired) electrons. The van der Waals surface area contributed by atoms with Gasteiger partial charge in [0.15, 0.2) is 5.82 Å². The van der Waals surface area contributed by atoms with E-state index in [1.54, 1.807) is 0 Å². The molecule has 1 aromatic carbocycles. The minimum Gasteiger partial charge on any atom is -0.338 e. The Balaban J connectivity index is 2.02. The van der Waals surface area contributed by atoms with Crippen LogP contribution in [0.3, 0.4) is 0 Å². The van der Waals surface area contributed by atoms with Crippen LogP contribution in [0, 0.1) is 13.8 Å². The number of para-hydroxylation sites is 1. The van der Waals surface area contributed by atoms with Crippen molar-refractivity contribution in [3.8, 4) is 0 Å². The van der Waals surface area contributed by atoms with Crippen LogP contribution in [0.1, 0.15) is 56.6 Å². The Hall–Kier alpha value is -2.21. The molecule has 1 heterocycles. The van der Waals surface area contributed by atoms with Gasteiger partial charge in [0.2, 0.25) is 11.8 Å². The number of nitrogens with zero attached hydrogens (tertiary/aromatic N) is 3. The van der Waals surface area contributed by atoms with Crippen LogP contribution in [0.2, 0.25) is 0 Å². The van der Waals surface area contributed by atoms with Crippen LogP contribution in [0.15, 0.2) is 22.7 Å². The lowest BCUT2D eigenvalue weighted by Crippen LogP contribution is -2.32. The van der Waals surface area contributed by atoms with Crippen LogP contribution in [-0.2, 0) is 10.2 Å². The smallest absolute Gasteiger partial charge is 0.243 e. The molecule has 0 fully saturated rings. The Labute approximate surface area is 149 Å². The fraction of sp³-hybridized carbons (Fsp3) is 0.526. The Morgan fingerprint density at radius 2 is 1.88 bits per heavy atom. The van der Waals surface area contributed by atoms with Gasteiger partial charge in [-0.15, -0.1) is 0 Å². The molecule has 25 heavy (non-hydrogen) atoms. The monoisotopic (exact) mass is 344 g/mol. The van der Waals surface area contributed by atoms with E-state index in [4.69, 9.17) is 4.52 Å². The van der Waals surface area contributed by atoms with Gasteiger partial charge in [-0.2, -0.15) is 4.98 Å². The number of carbonyl (C=O) groups excluding carboxylic acids is 1. The molecule has 0 unspecified atom stereocenters. The first-order valence-electron chi connectivity index (χ1n) is 8.50. The largest absolute Gasteiger partial charge is 0.338 e. The van der Waals surface area contributed by atoms with Gasteiger partial charge in [-0.05, 0) is 38.9 Å². The highest BCUT2D eigenvalue weighted by molar-refractivity contribution is 5.93. The molecule has 1 amide bonds. The predicted octanol–water partition coefficient (Wildman–Crippen LogP) is 3.62. The van der Waals surface area contributed by atoms with E-state index < -0.39 is 0 Å². The van der Waals surface area contributed by atoms with E-state index in [9.17, 15) is 4.79 Å². The second-order valence-corrected chi connectivity index (χ2v) is 7.61. The van der Waals surface area contributed by atoms with Gasteiger partial charge < -0.3 is 9.84 Å². The van der Waals surface area contributed by atoms with Gasteiger partial charge >= 0.3 is 0 Å². The van der Waals surface area contributed by atoms with E-state index >= 15 is 0 Å². The summed E-state index contributed by atoms with van der Waals surface area (Å²) in [6.45, 7) is 12.3. The average molecular weight is 344 g/mol. The van der Waals surface area contributed by atoms with Crippen molar-refractivity contribution in [2.24, 2.45) is 0 Å². The van der Waals surface area contributed by atoms with Crippen LogP contribution >= 0.6 is 0 Å². The highest BCUT2D eigenvalue weighted by atomic mass is 16.5. The van der Waals surface area contributed by atoms with E-state index in [1.165, 1.54) is 0 Å². The average Bonchev–Trinajstić information content (AvgIpc) is 3.00. The molecule has 0 saturated heterocycles. The molecule has 0 saturated carbocycles. The summed E-state index contributed by atoms with van der Waals surface area (Å²) in [4.78, 5) is 18.8. The molecule has 2 rings (SSSR count). The van der Waals surface area contributed by atoms with Crippen molar-refractivity contribution >= 4 is 11.6 Å². The van der Waals surface area contributed by atoms with Crippen LogP contribution < -0.4 is 5.32 Å². The number of anilines is 1. The van der Waals surface area contributed by atoms with Crippen LogP contribution in [0.25, 0.3) is 0 Å². The number of carbonyl (C=O) groups is 1. The number of amides is 1. The summed E-state index contributed by atoms with van der Waals surface area (Å²) < 4.78 is 5.38. The van der Waals surface area contributed by atoms with Crippen molar-refractivity contribution < 1.29 is 9.32 Å². The maximum absolute atomic E-state index is 12.4. The van der Waals surface area contributed by atoms with Crippen molar-refractivity contribution in [1.82, 2.24) is 15.0 Å². The lowest BCUT2D eigenvalue weighted by Gasteiger charge is -2.21. The zero-order chi connectivity index (χ0) is 18.8. The van der Waals surface area contributed by atoms with Crippen molar-refractivity contribution in [1.29, 1.82) is 0 Å². The van der Waals surface area contributed by atoms with E-state index in [-0.39, 0.29) is 23.9 Å². The number of hydrogen-bond acceptors (Lipinski definition) is 5. The molecule has 0 aliphatic heterocycles. The highest BCUT2D eigenvalue weighted by Crippen LogP contribution is 2.23. The summed E-state index contributed by atoms with van der Waals surface area (Å²) in [7, 11) is 1.87. The Bertz CT molecular complexity index is 726. The lowest BCUT2D eigenvalue weighted by molar-refractivity contribution is -0.117. The molecule has 0 aliphatic rings. The molecule has 1 N–H and O–H groups in total. The summed E-state index contributed by atoms with van der Waals surface area (Å²) >= 11 is 0. The molecule has 0 aliphatic carbocycles. The number of likely N-dealkylation sites (N-methyl/N-ethyl adjacent to an activating group) is 1. The molecular weight excluding hydrogens is 316 g/mol. The van der Waals surface area contributed by atoms with Gasteiger partial charge in [0.25, 0.3) is 0 Å². The Morgan fingerprint density at radius 1 is 1.28 bits per heavy atom. The molecule has 1 atom stereocenters. The summed E-state index contributed by atoms with van der Waals surface area (Å²) in [5, 5.41) is 7.05. The predicted molar refractivity (Wildman–Crippen MR) is 98.6 cm³/mol. The van der Waals surface area contributed by atoms with E-state index in [2.05, 4.69) is 15.5 Å². The van der Waals surface area contributed by atoms with E-state index in [1.807, 2.05) is 71.7 Å². The molecule has 2 aromatic rings. The molecule has 1 aromatic heterocycles. The Morgan fingerprint density at radius 3 is 2.40 bits per heavy atom. The third kappa shape index (κ3) is 4.66. The third-order valence-electron chi connectivity index (χ3n) is 4.27. The van der Waals surface area contributed by atoms with Gasteiger partial charge in [-0.3, -0.25) is 9.69 Å². The van der Waals surface area contributed by atoms with Crippen LogP contribution in [0.5, 0.6) is 0 Å². The number of aryl methyl sites for hydroxylation is 2. The first-order valence-corrected chi connectivity index (χ1v) is 8.50. The number of benzene rings is 1. The fourth-order valence-electron chi connectivity index (χ4n) is 2.45. The van der Waals surface area contributed by atoms with Gasteiger partial charge in [0.1, 0.15) is 0 Å². The van der Waals surface area contributed by atoms with E-state index in [0.717, 1.165) is 16.8 Å². The first-order chi connectivity index (χ1) is 11.6. The molecule has 0 bridgehead atoms. The normalized spacial score (nSPS) is 13.1. The lowest BCUT2D eigenvalue weighted by atomic mass is 9.96. The second kappa shape index (κ2) is 7.35. The summed E-state index contributed by atoms with van der Waals surface area (Å²) in [5.41, 5.74) is 2.81. The minimum absolute atomic E-state index is 0.0673. The fourth-order valence-corrected chi connectivity index (χ4v) is 2.45. The zero-order valence-corrected chi connectivity index (χ0v) is 16.2.